The number of nitrogens with zero attached hydrogens (tertiary/aromatic N) is 4. The van der Waals surface area contributed by atoms with E-state index in [2.05, 4.69) is 56.2 Å². The molecule has 4 heterocycles. The second kappa shape index (κ2) is 6.91. The van der Waals surface area contributed by atoms with Gasteiger partial charge in [0.1, 0.15) is 11.5 Å². The van der Waals surface area contributed by atoms with Crippen molar-refractivity contribution in [3.63, 3.8) is 0 Å². The standard InChI is InChI=1S/C24H20N4O2/c1-3-20(11-25-7-1)27-13-18-6-5-17-10-23-19(9-22(17)24(18)30-16-27)14-28(15-29-23)21-4-2-8-26-12-21/h1-12H,13-16H2. The van der Waals surface area contributed by atoms with Crippen LogP contribution < -0.4 is 19.3 Å². The van der Waals surface area contributed by atoms with Crippen molar-refractivity contribution >= 4 is 22.1 Å². The van der Waals surface area contributed by atoms with Crippen molar-refractivity contribution in [3.8, 4) is 11.5 Å². The molecule has 2 aromatic carbocycles. The van der Waals surface area contributed by atoms with Crippen molar-refractivity contribution in [3.05, 3.63) is 84.4 Å². The lowest BCUT2D eigenvalue weighted by atomic mass is 10.00. The van der Waals surface area contributed by atoms with Gasteiger partial charge in [-0.3, -0.25) is 9.97 Å². The maximum absolute atomic E-state index is 6.24. The molecule has 0 saturated heterocycles. The molecular weight excluding hydrogens is 376 g/mol. The van der Waals surface area contributed by atoms with Gasteiger partial charge in [0.05, 0.1) is 23.8 Å². The van der Waals surface area contributed by atoms with Gasteiger partial charge in [-0.1, -0.05) is 12.1 Å². The van der Waals surface area contributed by atoms with Crippen LogP contribution in [0.4, 0.5) is 11.4 Å². The van der Waals surface area contributed by atoms with Gasteiger partial charge in [-0.2, -0.15) is 0 Å². The van der Waals surface area contributed by atoms with E-state index in [1.807, 2.05) is 24.5 Å². The van der Waals surface area contributed by atoms with Crippen LogP contribution in [0.1, 0.15) is 11.1 Å². The van der Waals surface area contributed by atoms with Gasteiger partial charge in [0, 0.05) is 42.0 Å². The minimum Gasteiger partial charge on any atom is -0.473 e. The first-order valence-corrected chi connectivity index (χ1v) is 9.99. The zero-order chi connectivity index (χ0) is 19.9. The van der Waals surface area contributed by atoms with Crippen LogP contribution in [-0.2, 0) is 13.1 Å². The number of aromatic nitrogens is 2. The number of hydrogen-bond acceptors (Lipinski definition) is 6. The third kappa shape index (κ3) is 2.88. The van der Waals surface area contributed by atoms with Crippen molar-refractivity contribution in [1.29, 1.82) is 0 Å². The summed E-state index contributed by atoms with van der Waals surface area (Å²) in [6.45, 7) is 2.60. The summed E-state index contributed by atoms with van der Waals surface area (Å²) in [7, 11) is 0. The van der Waals surface area contributed by atoms with E-state index in [1.165, 1.54) is 5.56 Å². The van der Waals surface area contributed by atoms with Crippen molar-refractivity contribution in [2.75, 3.05) is 23.3 Å². The molecule has 0 amide bonds. The minimum absolute atomic E-state index is 0.507. The monoisotopic (exact) mass is 396 g/mol. The van der Waals surface area contributed by atoms with E-state index in [0.29, 0.717) is 13.5 Å². The lowest BCUT2D eigenvalue weighted by molar-refractivity contribution is 0.288. The number of pyridine rings is 2. The van der Waals surface area contributed by atoms with E-state index in [1.54, 1.807) is 12.4 Å². The van der Waals surface area contributed by atoms with Gasteiger partial charge in [0.25, 0.3) is 0 Å². The molecule has 0 unspecified atom stereocenters. The molecule has 2 aliphatic rings. The van der Waals surface area contributed by atoms with Crippen LogP contribution in [0.15, 0.2) is 73.3 Å². The maximum atomic E-state index is 6.24. The Balaban J connectivity index is 1.35. The van der Waals surface area contributed by atoms with Crippen LogP contribution in [0, 0.1) is 0 Å². The van der Waals surface area contributed by atoms with Crippen LogP contribution in [0.2, 0.25) is 0 Å². The predicted octanol–water partition coefficient (Wildman–Crippen LogP) is 4.34. The van der Waals surface area contributed by atoms with E-state index in [9.17, 15) is 0 Å². The predicted molar refractivity (Wildman–Crippen MR) is 116 cm³/mol. The molecule has 0 saturated carbocycles. The molecule has 2 aromatic heterocycles. The van der Waals surface area contributed by atoms with E-state index in [4.69, 9.17) is 9.47 Å². The summed E-state index contributed by atoms with van der Waals surface area (Å²) in [4.78, 5) is 12.8. The Hall–Kier alpha value is -3.80. The normalized spacial score (nSPS) is 15.2. The van der Waals surface area contributed by atoms with Gasteiger partial charge in [0.15, 0.2) is 13.5 Å². The fraction of sp³-hybridized carbons (Fsp3) is 0.167. The zero-order valence-electron chi connectivity index (χ0n) is 16.4. The molecular formula is C24H20N4O2. The fourth-order valence-electron chi connectivity index (χ4n) is 4.17. The first kappa shape index (κ1) is 17.1. The van der Waals surface area contributed by atoms with Gasteiger partial charge in [-0.05, 0) is 41.8 Å². The average molecular weight is 396 g/mol. The van der Waals surface area contributed by atoms with E-state index >= 15 is 0 Å². The van der Waals surface area contributed by atoms with Gasteiger partial charge in [0.2, 0.25) is 0 Å². The Labute approximate surface area is 174 Å². The van der Waals surface area contributed by atoms with Crippen molar-refractivity contribution in [2.45, 2.75) is 13.1 Å². The molecule has 0 radical (unpaired) electrons. The lowest BCUT2D eigenvalue weighted by Gasteiger charge is -2.33. The topological polar surface area (TPSA) is 50.7 Å². The smallest absolute Gasteiger partial charge is 0.161 e. The number of anilines is 2. The molecule has 0 aliphatic carbocycles. The number of fused-ring (bicyclic) bond motifs is 4. The van der Waals surface area contributed by atoms with Crippen molar-refractivity contribution < 1.29 is 9.47 Å². The van der Waals surface area contributed by atoms with Crippen LogP contribution >= 0.6 is 0 Å². The largest absolute Gasteiger partial charge is 0.473 e. The van der Waals surface area contributed by atoms with Crippen LogP contribution in [0.25, 0.3) is 10.8 Å². The molecule has 6 heteroatoms. The van der Waals surface area contributed by atoms with Crippen LogP contribution in [0.5, 0.6) is 11.5 Å². The molecule has 0 N–H and O–H groups in total. The fourth-order valence-corrected chi connectivity index (χ4v) is 4.17. The Kier molecular flexibility index (Phi) is 3.94. The van der Waals surface area contributed by atoms with Crippen LogP contribution in [0.3, 0.4) is 0 Å². The average Bonchev–Trinajstić information content (AvgIpc) is 2.83. The Morgan fingerprint density at radius 3 is 2.13 bits per heavy atom. The highest BCUT2D eigenvalue weighted by molar-refractivity contribution is 5.92. The number of rotatable bonds is 2. The van der Waals surface area contributed by atoms with E-state index in [-0.39, 0.29) is 0 Å². The number of hydrogen-bond donors (Lipinski definition) is 0. The maximum Gasteiger partial charge on any atom is 0.161 e. The zero-order valence-corrected chi connectivity index (χ0v) is 16.4. The summed E-state index contributed by atoms with van der Waals surface area (Å²) < 4.78 is 12.3. The Morgan fingerprint density at radius 2 is 1.43 bits per heavy atom. The highest BCUT2D eigenvalue weighted by Crippen LogP contribution is 2.39. The SMILES string of the molecule is c1cncc(N2COc3cc4ccc5c(c4cc3C2)OCN(c2cccnc2)C5)c1. The van der Waals surface area contributed by atoms with Gasteiger partial charge in [-0.15, -0.1) is 0 Å². The second-order valence-corrected chi connectivity index (χ2v) is 7.60. The van der Waals surface area contributed by atoms with E-state index < -0.39 is 0 Å². The quantitative estimate of drug-likeness (QED) is 0.502. The van der Waals surface area contributed by atoms with Gasteiger partial charge >= 0.3 is 0 Å². The first-order chi connectivity index (χ1) is 14.8. The molecule has 6 nitrogen and oxygen atoms in total. The summed E-state index contributed by atoms with van der Waals surface area (Å²) in [5, 5.41) is 2.27. The molecule has 2 aliphatic heterocycles. The molecule has 148 valence electrons. The van der Waals surface area contributed by atoms with Crippen molar-refractivity contribution in [2.24, 2.45) is 0 Å². The third-order valence-electron chi connectivity index (χ3n) is 5.72. The summed E-state index contributed by atoms with van der Waals surface area (Å²) >= 11 is 0. The Bertz CT molecular complexity index is 1210. The number of benzene rings is 2. The molecule has 0 fully saturated rings. The summed E-state index contributed by atoms with van der Waals surface area (Å²) in [5.74, 6) is 1.91. The van der Waals surface area contributed by atoms with E-state index in [0.717, 1.165) is 52.3 Å². The van der Waals surface area contributed by atoms with Crippen molar-refractivity contribution in [1.82, 2.24) is 9.97 Å². The Morgan fingerprint density at radius 1 is 0.733 bits per heavy atom. The molecule has 0 atom stereocenters. The second-order valence-electron chi connectivity index (χ2n) is 7.60. The van der Waals surface area contributed by atoms with Gasteiger partial charge < -0.3 is 19.3 Å². The molecule has 0 bridgehead atoms. The highest BCUT2D eigenvalue weighted by Gasteiger charge is 2.23. The molecule has 4 aromatic rings. The summed E-state index contributed by atoms with van der Waals surface area (Å²) in [5.41, 5.74) is 4.46. The minimum atomic E-state index is 0.507. The van der Waals surface area contributed by atoms with Crippen LogP contribution in [-0.4, -0.2) is 23.4 Å². The number of ether oxygens (including phenoxy) is 2. The third-order valence-corrected chi connectivity index (χ3v) is 5.72. The van der Waals surface area contributed by atoms with Gasteiger partial charge in [-0.25, -0.2) is 0 Å². The first-order valence-electron chi connectivity index (χ1n) is 9.99. The molecule has 30 heavy (non-hydrogen) atoms. The summed E-state index contributed by atoms with van der Waals surface area (Å²) in [6, 6.07) is 16.7. The molecule has 0 spiro atoms. The highest BCUT2D eigenvalue weighted by atomic mass is 16.5. The molecule has 6 rings (SSSR count). The lowest BCUT2D eigenvalue weighted by Crippen LogP contribution is -2.32. The summed E-state index contributed by atoms with van der Waals surface area (Å²) in [6.07, 6.45) is 7.31.